The van der Waals surface area contributed by atoms with Gasteiger partial charge in [-0.1, -0.05) is 6.07 Å². The van der Waals surface area contributed by atoms with E-state index in [1.54, 1.807) is 0 Å². The molecule has 0 amide bonds. The van der Waals surface area contributed by atoms with Crippen LogP contribution in [0.2, 0.25) is 0 Å². The summed E-state index contributed by atoms with van der Waals surface area (Å²) < 4.78 is 5.44. The fourth-order valence-corrected chi connectivity index (χ4v) is 3.62. The van der Waals surface area contributed by atoms with Gasteiger partial charge in [0.25, 0.3) is 0 Å². The number of guanidine groups is 1. The number of hydrogen-bond acceptors (Lipinski definition) is 4. The Balaban J connectivity index is 1.41. The van der Waals surface area contributed by atoms with Gasteiger partial charge in [-0.3, -0.25) is 14.9 Å². The third kappa shape index (κ3) is 5.41. The van der Waals surface area contributed by atoms with E-state index in [2.05, 4.69) is 37.2 Å². The van der Waals surface area contributed by atoms with Gasteiger partial charge in [0.15, 0.2) is 5.96 Å². The van der Waals surface area contributed by atoms with E-state index in [1.807, 2.05) is 20.2 Å². The molecule has 6 nitrogen and oxygen atoms in total. The number of nitrogens with zero attached hydrogens (tertiary/aromatic N) is 4. The molecule has 25 heavy (non-hydrogen) atoms. The van der Waals surface area contributed by atoms with Crippen LogP contribution in [0.25, 0.3) is 0 Å². The van der Waals surface area contributed by atoms with Crippen LogP contribution in [-0.4, -0.2) is 80.3 Å². The van der Waals surface area contributed by atoms with Crippen LogP contribution < -0.4 is 5.32 Å². The Bertz CT molecular complexity index is 553. The predicted octanol–water partition coefficient (Wildman–Crippen LogP) is 1.16. The number of ether oxygens (including phenoxy) is 1. The zero-order valence-corrected chi connectivity index (χ0v) is 15.6. The maximum Gasteiger partial charge on any atom is 0.193 e. The Morgan fingerprint density at radius 1 is 1.32 bits per heavy atom. The molecule has 0 bridgehead atoms. The van der Waals surface area contributed by atoms with Crippen molar-refractivity contribution in [3.63, 3.8) is 0 Å². The summed E-state index contributed by atoms with van der Waals surface area (Å²) in [5.41, 5.74) is 2.33. The lowest BCUT2D eigenvalue weighted by atomic mass is 10.1. The van der Waals surface area contributed by atoms with E-state index in [-0.39, 0.29) is 0 Å². The van der Waals surface area contributed by atoms with Crippen molar-refractivity contribution >= 4 is 5.96 Å². The van der Waals surface area contributed by atoms with E-state index in [4.69, 9.17) is 4.74 Å². The van der Waals surface area contributed by atoms with Gasteiger partial charge in [-0.05, 0) is 37.3 Å². The van der Waals surface area contributed by atoms with Crippen LogP contribution in [0.5, 0.6) is 0 Å². The summed E-state index contributed by atoms with van der Waals surface area (Å²) in [6.07, 6.45) is 4.19. The molecule has 3 rings (SSSR count). The number of likely N-dealkylation sites (tertiary alicyclic amines) is 1. The minimum absolute atomic E-state index is 0.734. The van der Waals surface area contributed by atoms with Gasteiger partial charge < -0.3 is 15.0 Å². The number of hydrogen-bond donors (Lipinski definition) is 1. The highest BCUT2D eigenvalue weighted by Crippen LogP contribution is 2.18. The van der Waals surface area contributed by atoms with E-state index >= 15 is 0 Å². The topological polar surface area (TPSA) is 53.0 Å². The first-order valence-electron chi connectivity index (χ1n) is 9.42. The van der Waals surface area contributed by atoms with E-state index in [1.165, 1.54) is 18.5 Å². The van der Waals surface area contributed by atoms with Crippen molar-refractivity contribution < 1.29 is 4.74 Å². The molecular formula is C19H31N5O. The second-order valence-electron chi connectivity index (χ2n) is 7.05. The highest BCUT2D eigenvalue weighted by atomic mass is 16.5. The molecule has 1 unspecified atom stereocenters. The van der Waals surface area contributed by atoms with Crippen molar-refractivity contribution in [1.82, 2.24) is 20.1 Å². The van der Waals surface area contributed by atoms with E-state index in [0.29, 0.717) is 0 Å². The van der Waals surface area contributed by atoms with Crippen LogP contribution in [0.4, 0.5) is 0 Å². The molecule has 3 heterocycles. The lowest BCUT2D eigenvalue weighted by molar-refractivity contribution is 0.0315. The molecule has 2 saturated heterocycles. The van der Waals surface area contributed by atoms with Gasteiger partial charge in [0, 0.05) is 58.2 Å². The van der Waals surface area contributed by atoms with Crippen LogP contribution in [0.3, 0.4) is 0 Å². The zero-order chi connectivity index (χ0) is 17.5. The van der Waals surface area contributed by atoms with Crippen molar-refractivity contribution in [2.24, 2.45) is 10.9 Å². The maximum absolute atomic E-state index is 5.44. The van der Waals surface area contributed by atoms with Crippen molar-refractivity contribution in [2.45, 2.75) is 19.8 Å². The molecule has 2 aliphatic heterocycles. The molecule has 0 aromatic carbocycles. The van der Waals surface area contributed by atoms with E-state index < -0.39 is 0 Å². The molecule has 0 radical (unpaired) electrons. The Hall–Kier alpha value is -1.66. The maximum atomic E-state index is 5.44. The third-order valence-electron chi connectivity index (χ3n) is 5.09. The molecule has 1 aromatic rings. The first-order valence-corrected chi connectivity index (χ1v) is 9.42. The minimum Gasteiger partial charge on any atom is -0.379 e. The summed E-state index contributed by atoms with van der Waals surface area (Å²) in [6, 6.07) is 4.22. The first kappa shape index (κ1) is 18.1. The molecular weight excluding hydrogens is 314 g/mol. The molecule has 2 fully saturated rings. The Morgan fingerprint density at radius 2 is 2.16 bits per heavy atom. The lowest BCUT2D eigenvalue weighted by Gasteiger charge is -2.29. The number of pyridine rings is 1. The molecule has 1 atom stereocenters. The molecule has 2 aliphatic rings. The summed E-state index contributed by atoms with van der Waals surface area (Å²) >= 11 is 0. The lowest BCUT2D eigenvalue weighted by Crippen LogP contribution is -2.42. The molecule has 0 saturated carbocycles. The van der Waals surface area contributed by atoms with Gasteiger partial charge >= 0.3 is 0 Å². The van der Waals surface area contributed by atoms with Gasteiger partial charge in [0.05, 0.1) is 13.2 Å². The molecule has 1 aromatic heterocycles. The Morgan fingerprint density at radius 3 is 2.88 bits per heavy atom. The average molecular weight is 345 g/mol. The average Bonchev–Trinajstić information content (AvgIpc) is 3.09. The minimum atomic E-state index is 0.734. The molecule has 6 heteroatoms. The fraction of sp³-hybridized carbons (Fsp3) is 0.684. The Labute approximate surface area is 151 Å². The van der Waals surface area contributed by atoms with Gasteiger partial charge in [-0.15, -0.1) is 0 Å². The van der Waals surface area contributed by atoms with Gasteiger partial charge in [0.1, 0.15) is 0 Å². The number of morpholine rings is 1. The Kier molecular flexibility index (Phi) is 6.64. The molecule has 138 valence electrons. The van der Waals surface area contributed by atoms with Crippen LogP contribution in [0.1, 0.15) is 17.7 Å². The number of aromatic nitrogens is 1. The summed E-state index contributed by atoms with van der Waals surface area (Å²) in [6.45, 7) is 10.2. The third-order valence-corrected chi connectivity index (χ3v) is 5.09. The van der Waals surface area contributed by atoms with Crippen molar-refractivity contribution in [2.75, 3.05) is 59.5 Å². The smallest absolute Gasteiger partial charge is 0.193 e. The second kappa shape index (κ2) is 9.15. The molecule has 1 N–H and O–H groups in total. The monoisotopic (exact) mass is 345 g/mol. The van der Waals surface area contributed by atoms with Crippen molar-refractivity contribution in [3.05, 3.63) is 29.6 Å². The number of aliphatic imine (C=N–C) groups is 1. The highest BCUT2D eigenvalue weighted by molar-refractivity contribution is 5.80. The second-order valence-corrected chi connectivity index (χ2v) is 7.05. The normalized spacial score (nSPS) is 22.4. The summed E-state index contributed by atoms with van der Waals surface area (Å²) in [5, 5.41) is 3.51. The van der Waals surface area contributed by atoms with Crippen molar-refractivity contribution in [1.29, 1.82) is 0 Å². The quantitative estimate of drug-likeness (QED) is 0.641. The molecule has 0 spiro atoms. The summed E-state index contributed by atoms with van der Waals surface area (Å²) in [7, 11) is 1.88. The SMILES string of the molecule is CN=C(NCCc1ccc(C)nc1)N1CCC(CN2CCOCC2)C1. The summed E-state index contributed by atoms with van der Waals surface area (Å²) in [5.74, 6) is 1.77. The standard InChI is InChI=1S/C19H31N5O/c1-16-3-4-17(13-22-16)5-7-21-19(20-2)24-8-6-18(15-24)14-23-9-11-25-12-10-23/h3-4,13,18H,5-12,14-15H2,1-2H3,(H,20,21). The fourth-order valence-electron chi connectivity index (χ4n) is 3.62. The predicted molar refractivity (Wildman–Crippen MR) is 101 cm³/mol. The van der Waals surface area contributed by atoms with Gasteiger partial charge in [0.2, 0.25) is 0 Å². The van der Waals surface area contributed by atoms with E-state index in [0.717, 1.165) is 69.9 Å². The van der Waals surface area contributed by atoms with Crippen molar-refractivity contribution in [3.8, 4) is 0 Å². The number of nitrogens with one attached hydrogen (secondary N) is 1. The first-order chi connectivity index (χ1) is 12.2. The van der Waals surface area contributed by atoms with Crippen LogP contribution in [-0.2, 0) is 11.2 Å². The zero-order valence-electron chi connectivity index (χ0n) is 15.6. The largest absolute Gasteiger partial charge is 0.379 e. The highest BCUT2D eigenvalue weighted by Gasteiger charge is 2.26. The molecule has 0 aliphatic carbocycles. The summed E-state index contributed by atoms with van der Waals surface area (Å²) in [4.78, 5) is 13.8. The van der Waals surface area contributed by atoms with Crippen LogP contribution in [0.15, 0.2) is 23.3 Å². The number of rotatable bonds is 5. The van der Waals surface area contributed by atoms with Gasteiger partial charge in [-0.25, -0.2) is 0 Å². The number of aryl methyl sites for hydroxylation is 1. The van der Waals surface area contributed by atoms with Crippen LogP contribution in [0, 0.1) is 12.8 Å². The van der Waals surface area contributed by atoms with Crippen LogP contribution >= 0.6 is 0 Å². The van der Waals surface area contributed by atoms with Gasteiger partial charge in [-0.2, -0.15) is 0 Å². The van der Waals surface area contributed by atoms with E-state index in [9.17, 15) is 0 Å².